The zero-order valence-electron chi connectivity index (χ0n) is 20.8. The van der Waals surface area contributed by atoms with Gasteiger partial charge in [-0.2, -0.15) is 10.2 Å². The molecule has 0 atom stereocenters. The van der Waals surface area contributed by atoms with Crippen molar-refractivity contribution in [2.45, 2.75) is 0 Å². The highest BCUT2D eigenvalue weighted by Crippen LogP contribution is 2.43. The standard InChI is InChI=1S/C32H24N4O2S/c37-31(35-33-21-23-13-5-1-6-14-23)29-27(25-17-9-3-10-18-25)28(26-19-11-4-12-20-26)30(39-29)32(38)36-34-22-24-15-7-2-8-16-24/h1-22H,(H,35,37)(H,36,38). The number of hydrazone groups is 2. The minimum Gasteiger partial charge on any atom is -0.266 e. The average molecular weight is 529 g/mol. The molecule has 0 radical (unpaired) electrons. The maximum atomic E-state index is 13.5. The third kappa shape index (κ3) is 6.23. The van der Waals surface area contributed by atoms with Crippen LogP contribution >= 0.6 is 11.3 Å². The van der Waals surface area contributed by atoms with Gasteiger partial charge >= 0.3 is 0 Å². The number of carbonyl (C=O) groups excluding carboxylic acids is 2. The summed E-state index contributed by atoms with van der Waals surface area (Å²) in [4.78, 5) is 27.7. The summed E-state index contributed by atoms with van der Waals surface area (Å²) in [5.41, 5.74) is 9.94. The van der Waals surface area contributed by atoms with E-state index in [4.69, 9.17) is 0 Å². The topological polar surface area (TPSA) is 82.9 Å². The zero-order chi connectivity index (χ0) is 26.9. The Labute approximate surface area is 230 Å². The number of benzene rings is 4. The van der Waals surface area contributed by atoms with Crippen molar-refractivity contribution in [3.63, 3.8) is 0 Å². The Kier molecular flexibility index (Phi) is 8.11. The summed E-state index contributed by atoms with van der Waals surface area (Å²) < 4.78 is 0. The first-order valence-corrected chi connectivity index (χ1v) is 13.1. The molecule has 39 heavy (non-hydrogen) atoms. The molecule has 190 valence electrons. The molecule has 2 amide bonds. The highest BCUT2D eigenvalue weighted by Gasteiger charge is 2.28. The first-order valence-electron chi connectivity index (χ1n) is 12.3. The molecule has 5 aromatic rings. The Balaban J connectivity index is 1.56. The van der Waals surface area contributed by atoms with Crippen molar-refractivity contribution in [3.05, 3.63) is 142 Å². The Morgan fingerprint density at radius 2 is 0.846 bits per heavy atom. The van der Waals surface area contributed by atoms with E-state index in [1.165, 1.54) is 0 Å². The Morgan fingerprint density at radius 3 is 1.21 bits per heavy atom. The van der Waals surface area contributed by atoms with E-state index < -0.39 is 11.8 Å². The second-order valence-corrected chi connectivity index (χ2v) is 9.48. The van der Waals surface area contributed by atoms with E-state index in [1.807, 2.05) is 121 Å². The molecule has 0 bridgehead atoms. The minimum atomic E-state index is -0.407. The predicted octanol–water partition coefficient (Wildman–Crippen LogP) is 6.61. The number of hydrogen-bond acceptors (Lipinski definition) is 5. The van der Waals surface area contributed by atoms with Gasteiger partial charge in [-0.1, -0.05) is 121 Å². The number of nitrogens with one attached hydrogen (secondary N) is 2. The normalized spacial score (nSPS) is 11.1. The largest absolute Gasteiger partial charge is 0.282 e. The van der Waals surface area contributed by atoms with Crippen LogP contribution in [0, 0.1) is 0 Å². The van der Waals surface area contributed by atoms with Crippen molar-refractivity contribution in [2.24, 2.45) is 10.2 Å². The number of rotatable bonds is 8. The van der Waals surface area contributed by atoms with E-state index >= 15 is 0 Å². The van der Waals surface area contributed by atoms with Gasteiger partial charge in [0.1, 0.15) is 9.75 Å². The molecule has 2 N–H and O–H groups in total. The second-order valence-electron chi connectivity index (χ2n) is 8.46. The van der Waals surface area contributed by atoms with Crippen LogP contribution < -0.4 is 10.9 Å². The van der Waals surface area contributed by atoms with Gasteiger partial charge in [-0.3, -0.25) is 9.59 Å². The van der Waals surface area contributed by atoms with E-state index in [1.54, 1.807) is 12.4 Å². The lowest BCUT2D eigenvalue weighted by atomic mass is 9.94. The summed E-state index contributed by atoms with van der Waals surface area (Å²) in [7, 11) is 0. The summed E-state index contributed by atoms with van der Waals surface area (Å²) >= 11 is 1.11. The van der Waals surface area contributed by atoms with Crippen LogP contribution in [-0.2, 0) is 0 Å². The first-order chi connectivity index (χ1) is 19.2. The zero-order valence-corrected chi connectivity index (χ0v) is 21.6. The van der Waals surface area contributed by atoms with Crippen molar-refractivity contribution in [3.8, 4) is 22.3 Å². The van der Waals surface area contributed by atoms with Crippen molar-refractivity contribution in [2.75, 3.05) is 0 Å². The van der Waals surface area contributed by atoms with E-state index in [2.05, 4.69) is 21.1 Å². The van der Waals surface area contributed by atoms with Gasteiger partial charge in [0.15, 0.2) is 0 Å². The van der Waals surface area contributed by atoms with Gasteiger partial charge in [-0.05, 0) is 22.3 Å². The number of amides is 2. The van der Waals surface area contributed by atoms with Gasteiger partial charge in [0.2, 0.25) is 0 Å². The van der Waals surface area contributed by atoms with Crippen LogP contribution in [0.3, 0.4) is 0 Å². The van der Waals surface area contributed by atoms with Crippen LogP contribution in [0.1, 0.15) is 30.5 Å². The molecule has 0 fully saturated rings. The molecular weight excluding hydrogens is 504 g/mol. The van der Waals surface area contributed by atoms with Crippen LogP contribution in [0.5, 0.6) is 0 Å². The van der Waals surface area contributed by atoms with Gasteiger partial charge in [0, 0.05) is 11.1 Å². The summed E-state index contributed by atoms with van der Waals surface area (Å²) in [5.74, 6) is -0.815. The molecular formula is C32H24N4O2S. The van der Waals surface area contributed by atoms with Gasteiger partial charge in [-0.25, -0.2) is 10.9 Å². The molecule has 0 aliphatic rings. The molecule has 1 aromatic heterocycles. The number of carbonyl (C=O) groups is 2. The summed E-state index contributed by atoms with van der Waals surface area (Å²) in [6.07, 6.45) is 3.16. The smallest absolute Gasteiger partial charge is 0.266 e. The van der Waals surface area contributed by atoms with Crippen molar-refractivity contribution >= 4 is 35.6 Å². The third-order valence-corrected chi connectivity index (χ3v) is 6.99. The molecule has 0 saturated carbocycles. The molecule has 0 aliphatic carbocycles. The van der Waals surface area contributed by atoms with Crippen LogP contribution in [0.25, 0.3) is 22.3 Å². The van der Waals surface area contributed by atoms with Crippen LogP contribution in [-0.4, -0.2) is 24.2 Å². The predicted molar refractivity (Wildman–Crippen MR) is 158 cm³/mol. The quantitative estimate of drug-likeness (QED) is 0.175. The lowest BCUT2D eigenvalue weighted by Crippen LogP contribution is -2.17. The second kappa shape index (κ2) is 12.4. The van der Waals surface area contributed by atoms with E-state index in [0.29, 0.717) is 20.9 Å². The number of hydrogen-bond donors (Lipinski definition) is 2. The molecule has 1 heterocycles. The molecule has 7 heteroatoms. The first kappa shape index (κ1) is 25.5. The molecule has 0 unspecified atom stereocenters. The van der Waals surface area contributed by atoms with E-state index in [-0.39, 0.29) is 0 Å². The number of nitrogens with zero attached hydrogens (tertiary/aromatic N) is 2. The van der Waals surface area contributed by atoms with Crippen LogP contribution in [0.4, 0.5) is 0 Å². The molecule has 5 rings (SSSR count). The molecule has 0 saturated heterocycles. The van der Waals surface area contributed by atoms with Gasteiger partial charge in [0.25, 0.3) is 11.8 Å². The average Bonchev–Trinajstić information content (AvgIpc) is 3.40. The lowest BCUT2D eigenvalue weighted by molar-refractivity contribution is 0.0953. The summed E-state index contributed by atoms with van der Waals surface area (Å²) in [6, 6.07) is 38.1. The van der Waals surface area contributed by atoms with Crippen molar-refractivity contribution in [1.82, 2.24) is 10.9 Å². The van der Waals surface area contributed by atoms with Crippen LogP contribution in [0.2, 0.25) is 0 Å². The molecule has 6 nitrogen and oxygen atoms in total. The maximum absolute atomic E-state index is 13.5. The fourth-order valence-corrected chi connectivity index (χ4v) is 5.15. The molecule has 0 spiro atoms. The highest BCUT2D eigenvalue weighted by molar-refractivity contribution is 7.17. The minimum absolute atomic E-state index is 0.377. The van der Waals surface area contributed by atoms with Gasteiger partial charge < -0.3 is 0 Å². The molecule has 4 aromatic carbocycles. The Morgan fingerprint density at radius 1 is 0.513 bits per heavy atom. The van der Waals surface area contributed by atoms with Crippen LogP contribution in [0.15, 0.2) is 132 Å². The summed E-state index contributed by atoms with van der Waals surface area (Å²) in [6.45, 7) is 0. The molecule has 0 aliphatic heterocycles. The third-order valence-electron chi connectivity index (χ3n) is 5.80. The SMILES string of the molecule is O=C(NN=Cc1ccccc1)c1sc(C(=O)NN=Cc2ccccc2)c(-c2ccccc2)c1-c1ccccc1. The van der Waals surface area contributed by atoms with Crippen molar-refractivity contribution in [1.29, 1.82) is 0 Å². The lowest BCUT2D eigenvalue weighted by Gasteiger charge is -2.09. The highest BCUT2D eigenvalue weighted by atomic mass is 32.1. The Hall–Kier alpha value is -5.14. The van der Waals surface area contributed by atoms with E-state index in [9.17, 15) is 9.59 Å². The van der Waals surface area contributed by atoms with Gasteiger partial charge in [0.05, 0.1) is 12.4 Å². The number of thiophene rings is 1. The van der Waals surface area contributed by atoms with E-state index in [0.717, 1.165) is 33.6 Å². The van der Waals surface area contributed by atoms with Gasteiger partial charge in [-0.15, -0.1) is 11.3 Å². The monoisotopic (exact) mass is 528 g/mol. The fourth-order valence-electron chi connectivity index (χ4n) is 4.02. The summed E-state index contributed by atoms with van der Waals surface area (Å²) in [5, 5.41) is 8.30. The maximum Gasteiger partial charge on any atom is 0.282 e. The fraction of sp³-hybridized carbons (Fsp3) is 0. The Bertz CT molecular complexity index is 1490. The van der Waals surface area contributed by atoms with Crippen molar-refractivity contribution < 1.29 is 9.59 Å².